The van der Waals surface area contributed by atoms with Gasteiger partial charge in [-0.3, -0.25) is 0 Å². The van der Waals surface area contributed by atoms with Gasteiger partial charge >= 0.3 is 0 Å². The van der Waals surface area contributed by atoms with Crippen LogP contribution in [0.4, 0.5) is 4.39 Å². The lowest BCUT2D eigenvalue weighted by Gasteiger charge is -2.13. The Morgan fingerprint density at radius 2 is 1.70 bits per heavy atom. The molecular formula is C23H21ClFNO4. The summed E-state index contributed by atoms with van der Waals surface area (Å²) in [5, 5.41) is 3.74. The van der Waals surface area contributed by atoms with Gasteiger partial charge < -0.3 is 24.3 Å². The molecule has 3 aromatic carbocycles. The van der Waals surface area contributed by atoms with Crippen LogP contribution in [0.1, 0.15) is 16.7 Å². The molecule has 0 unspecified atom stereocenters. The highest BCUT2D eigenvalue weighted by Gasteiger charge is 2.13. The Kier molecular flexibility index (Phi) is 6.26. The molecule has 1 N–H and O–H groups in total. The Morgan fingerprint density at radius 3 is 2.50 bits per heavy atom. The summed E-state index contributed by atoms with van der Waals surface area (Å²) in [5.74, 6) is 2.40. The summed E-state index contributed by atoms with van der Waals surface area (Å²) in [6.45, 7) is 1.85. The Morgan fingerprint density at radius 1 is 0.933 bits per heavy atom. The fourth-order valence-electron chi connectivity index (χ4n) is 3.14. The molecule has 0 saturated carbocycles. The highest BCUT2D eigenvalue weighted by Crippen LogP contribution is 2.33. The van der Waals surface area contributed by atoms with Gasteiger partial charge in [-0.15, -0.1) is 0 Å². The number of hydrogen-bond donors (Lipinski definition) is 1. The van der Waals surface area contributed by atoms with Crippen molar-refractivity contribution in [3.63, 3.8) is 0 Å². The summed E-state index contributed by atoms with van der Waals surface area (Å²) >= 11 is 6.06. The third kappa shape index (κ3) is 4.78. The lowest BCUT2D eigenvalue weighted by Crippen LogP contribution is -2.12. The summed E-state index contributed by atoms with van der Waals surface area (Å²) in [6, 6.07) is 15.9. The van der Waals surface area contributed by atoms with E-state index >= 15 is 0 Å². The van der Waals surface area contributed by atoms with E-state index in [9.17, 15) is 4.39 Å². The van der Waals surface area contributed by atoms with Crippen LogP contribution in [0.15, 0.2) is 54.6 Å². The quantitative estimate of drug-likeness (QED) is 0.540. The number of methoxy groups -OCH3 is 1. The number of rotatable bonds is 8. The zero-order valence-electron chi connectivity index (χ0n) is 16.4. The van der Waals surface area contributed by atoms with E-state index in [1.165, 1.54) is 12.1 Å². The largest absolute Gasteiger partial charge is 0.493 e. The van der Waals surface area contributed by atoms with E-state index in [4.69, 9.17) is 30.5 Å². The van der Waals surface area contributed by atoms with Gasteiger partial charge in [0.05, 0.1) is 12.1 Å². The van der Waals surface area contributed by atoms with Gasteiger partial charge in [0.2, 0.25) is 6.79 Å². The van der Waals surface area contributed by atoms with Crippen LogP contribution in [0.5, 0.6) is 23.0 Å². The molecule has 1 aliphatic rings. The summed E-state index contributed by atoms with van der Waals surface area (Å²) in [7, 11) is 1.59. The molecule has 0 atom stereocenters. The number of fused-ring (bicyclic) bond motifs is 1. The fourth-order valence-corrected chi connectivity index (χ4v) is 3.36. The maximum atomic E-state index is 13.2. The molecule has 4 rings (SSSR count). The normalized spacial score (nSPS) is 12.1. The first-order valence-corrected chi connectivity index (χ1v) is 9.83. The number of halogens is 2. The van der Waals surface area contributed by atoms with Crippen molar-refractivity contribution in [2.45, 2.75) is 19.7 Å². The molecule has 0 aliphatic carbocycles. The number of nitrogens with one attached hydrogen (secondary N) is 1. The molecule has 0 radical (unpaired) electrons. The van der Waals surface area contributed by atoms with Gasteiger partial charge in [0, 0.05) is 18.7 Å². The van der Waals surface area contributed by atoms with Crippen LogP contribution in [-0.4, -0.2) is 13.9 Å². The lowest BCUT2D eigenvalue weighted by atomic mass is 10.1. The first-order valence-electron chi connectivity index (χ1n) is 9.45. The molecule has 1 heterocycles. The summed E-state index contributed by atoms with van der Waals surface area (Å²) < 4.78 is 35.2. The van der Waals surface area contributed by atoms with Crippen LogP contribution >= 0.6 is 11.6 Å². The molecular weight excluding hydrogens is 409 g/mol. The third-order valence-corrected chi connectivity index (χ3v) is 5.07. The topological polar surface area (TPSA) is 49.0 Å². The summed E-state index contributed by atoms with van der Waals surface area (Å²) in [6.07, 6.45) is 0. The minimum absolute atomic E-state index is 0.219. The van der Waals surface area contributed by atoms with Crippen molar-refractivity contribution in [2.75, 3.05) is 13.9 Å². The van der Waals surface area contributed by atoms with Gasteiger partial charge in [-0.05, 0) is 47.5 Å². The molecule has 0 fully saturated rings. The Hall–Kier alpha value is -2.96. The molecule has 0 amide bonds. The number of hydrogen-bond acceptors (Lipinski definition) is 5. The summed E-state index contributed by atoms with van der Waals surface area (Å²) in [4.78, 5) is 0. The second-order valence-corrected chi connectivity index (χ2v) is 7.21. The van der Waals surface area contributed by atoms with Gasteiger partial charge in [0.15, 0.2) is 23.0 Å². The predicted octanol–water partition coefficient (Wildman–Crippen LogP) is 5.09. The Balaban J connectivity index is 1.34. The van der Waals surface area contributed by atoms with Crippen LogP contribution in [0.3, 0.4) is 0 Å². The van der Waals surface area contributed by atoms with Gasteiger partial charge in [0.1, 0.15) is 12.4 Å². The van der Waals surface area contributed by atoms with Crippen LogP contribution in [0, 0.1) is 5.82 Å². The highest BCUT2D eigenvalue weighted by atomic mass is 35.5. The molecule has 30 heavy (non-hydrogen) atoms. The molecule has 7 heteroatoms. The molecule has 0 spiro atoms. The molecule has 3 aromatic rings. The molecule has 1 aliphatic heterocycles. The minimum Gasteiger partial charge on any atom is -0.493 e. The average molecular weight is 430 g/mol. The van der Waals surface area contributed by atoms with Crippen LogP contribution in [0.2, 0.25) is 5.02 Å². The second kappa shape index (κ2) is 9.24. The van der Waals surface area contributed by atoms with E-state index in [1.807, 2.05) is 36.4 Å². The lowest BCUT2D eigenvalue weighted by molar-refractivity contribution is 0.174. The standard InChI is InChI=1S/C23H21ClFNO4/c1-27-22-8-15(11-26-12-16-3-7-21-23(9-16)30-14-29-21)2-6-20(22)28-13-17-4-5-18(25)10-19(17)24/h2-10,26H,11-14H2,1H3. The van der Waals surface area contributed by atoms with Crippen molar-refractivity contribution >= 4 is 11.6 Å². The Labute approximate surface area is 179 Å². The number of benzene rings is 3. The smallest absolute Gasteiger partial charge is 0.231 e. The molecule has 0 saturated heterocycles. The molecule has 0 aromatic heterocycles. The van der Waals surface area contributed by atoms with Crippen molar-refractivity contribution in [1.29, 1.82) is 0 Å². The molecule has 5 nitrogen and oxygen atoms in total. The van der Waals surface area contributed by atoms with Crippen molar-refractivity contribution in [2.24, 2.45) is 0 Å². The van der Waals surface area contributed by atoms with E-state index in [2.05, 4.69) is 5.32 Å². The van der Waals surface area contributed by atoms with E-state index in [-0.39, 0.29) is 19.2 Å². The predicted molar refractivity (Wildman–Crippen MR) is 112 cm³/mol. The van der Waals surface area contributed by atoms with Gasteiger partial charge in [-0.1, -0.05) is 29.8 Å². The van der Waals surface area contributed by atoms with E-state index in [1.54, 1.807) is 13.2 Å². The molecule has 0 bridgehead atoms. The van der Waals surface area contributed by atoms with Gasteiger partial charge in [-0.2, -0.15) is 0 Å². The van der Waals surface area contributed by atoms with Crippen molar-refractivity contribution in [3.05, 3.63) is 82.1 Å². The highest BCUT2D eigenvalue weighted by molar-refractivity contribution is 6.31. The zero-order valence-corrected chi connectivity index (χ0v) is 17.2. The second-order valence-electron chi connectivity index (χ2n) is 6.80. The molecule has 156 valence electrons. The van der Waals surface area contributed by atoms with Gasteiger partial charge in [-0.25, -0.2) is 4.39 Å². The third-order valence-electron chi connectivity index (χ3n) is 4.72. The van der Waals surface area contributed by atoms with Crippen LogP contribution in [-0.2, 0) is 19.7 Å². The maximum Gasteiger partial charge on any atom is 0.231 e. The fraction of sp³-hybridized carbons (Fsp3) is 0.217. The van der Waals surface area contributed by atoms with Crippen LogP contribution in [0.25, 0.3) is 0 Å². The first-order chi connectivity index (χ1) is 14.6. The monoisotopic (exact) mass is 429 g/mol. The van der Waals surface area contributed by atoms with E-state index < -0.39 is 0 Å². The Bertz CT molecular complexity index is 1040. The van der Waals surface area contributed by atoms with Crippen molar-refractivity contribution < 1.29 is 23.3 Å². The van der Waals surface area contributed by atoms with E-state index in [0.29, 0.717) is 35.2 Å². The van der Waals surface area contributed by atoms with Crippen molar-refractivity contribution in [3.8, 4) is 23.0 Å². The minimum atomic E-state index is -0.376. The summed E-state index contributed by atoms with van der Waals surface area (Å²) in [5.41, 5.74) is 2.87. The number of ether oxygens (including phenoxy) is 4. The SMILES string of the molecule is COc1cc(CNCc2ccc3c(c2)OCO3)ccc1OCc1ccc(F)cc1Cl. The maximum absolute atomic E-state index is 13.2. The zero-order chi connectivity index (χ0) is 20.9. The van der Waals surface area contributed by atoms with E-state index in [0.717, 1.165) is 22.6 Å². The van der Waals surface area contributed by atoms with Crippen molar-refractivity contribution in [1.82, 2.24) is 5.32 Å². The van der Waals surface area contributed by atoms with Crippen LogP contribution < -0.4 is 24.3 Å². The average Bonchev–Trinajstić information content (AvgIpc) is 3.21. The first kappa shape index (κ1) is 20.3. The van der Waals surface area contributed by atoms with Gasteiger partial charge in [0.25, 0.3) is 0 Å².